The summed E-state index contributed by atoms with van der Waals surface area (Å²) in [7, 11) is 0. The van der Waals surface area contributed by atoms with Crippen LogP contribution in [0.1, 0.15) is 31.0 Å². The number of hydrogen-bond acceptors (Lipinski definition) is 3. The molecule has 3 aromatic rings. The fourth-order valence-electron chi connectivity index (χ4n) is 2.80. The molecule has 1 aliphatic rings. The van der Waals surface area contributed by atoms with Crippen molar-refractivity contribution in [3.63, 3.8) is 0 Å². The predicted molar refractivity (Wildman–Crippen MR) is 96.1 cm³/mol. The fraction of sp³-hybridized carbons (Fsp3) is 0.300. The summed E-state index contributed by atoms with van der Waals surface area (Å²) in [5.74, 6) is 0.958. The maximum absolute atomic E-state index is 12.0. The normalized spacial score (nSPS) is 15.1. The van der Waals surface area contributed by atoms with Crippen molar-refractivity contribution < 1.29 is 9.53 Å². The molecule has 1 saturated carbocycles. The Morgan fingerprint density at radius 2 is 2.04 bits per heavy atom. The van der Waals surface area contributed by atoms with E-state index in [1.54, 1.807) is 12.4 Å². The lowest BCUT2D eigenvalue weighted by molar-refractivity contribution is -0.125. The average Bonchev–Trinajstić information content (AvgIpc) is 3.26. The number of amides is 1. The Morgan fingerprint density at radius 3 is 2.80 bits per heavy atom. The number of H-pyrrole nitrogens is 1. The van der Waals surface area contributed by atoms with Gasteiger partial charge in [0, 0.05) is 35.1 Å². The molecule has 1 aromatic carbocycles. The molecule has 2 aromatic heterocycles. The highest BCUT2D eigenvalue weighted by atomic mass is 16.5. The van der Waals surface area contributed by atoms with Gasteiger partial charge in [-0.15, -0.1) is 0 Å². The van der Waals surface area contributed by atoms with Crippen LogP contribution in [0.5, 0.6) is 5.75 Å². The molecule has 2 N–H and O–H groups in total. The van der Waals surface area contributed by atoms with Crippen molar-refractivity contribution in [1.29, 1.82) is 0 Å². The van der Waals surface area contributed by atoms with E-state index in [0.717, 1.165) is 40.8 Å². The van der Waals surface area contributed by atoms with Crippen molar-refractivity contribution in [3.05, 3.63) is 60.0 Å². The van der Waals surface area contributed by atoms with Gasteiger partial charge < -0.3 is 15.0 Å². The largest absolute Gasteiger partial charge is 0.489 e. The molecule has 0 bridgehead atoms. The summed E-state index contributed by atoms with van der Waals surface area (Å²) in [5.41, 5.74) is 2.95. The zero-order chi connectivity index (χ0) is 17.3. The van der Waals surface area contributed by atoms with Crippen molar-refractivity contribution in [3.8, 4) is 5.75 Å². The Labute approximate surface area is 146 Å². The summed E-state index contributed by atoms with van der Waals surface area (Å²) in [5, 5.41) is 4.13. The minimum atomic E-state index is -0.139. The van der Waals surface area contributed by atoms with Gasteiger partial charge in [-0.25, -0.2) is 0 Å². The highest BCUT2D eigenvalue weighted by Gasteiger charge is 2.44. The van der Waals surface area contributed by atoms with Crippen molar-refractivity contribution >= 4 is 16.8 Å². The van der Waals surface area contributed by atoms with E-state index in [1.807, 2.05) is 37.3 Å². The molecule has 0 aliphatic heterocycles. The quantitative estimate of drug-likeness (QED) is 0.724. The number of carbonyl (C=O) groups excluding carboxylic acids is 1. The maximum Gasteiger partial charge on any atom is 0.226 e. The van der Waals surface area contributed by atoms with E-state index in [4.69, 9.17) is 4.74 Å². The molecular formula is C20H21N3O2. The van der Waals surface area contributed by atoms with Crippen LogP contribution in [-0.4, -0.2) is 15.9 Å². The van der Waals surface area contributed by atoms with Gasteiger partial charge in [0.2, 0.25) is 5.91 Å². The second-order valence-electron chi connectivity index (χ2n) is 6.93. The second kappa shape index (κ2) is 6.24. The molecule has 0 spiro atoms. The zero-order valence-electron chi connectivity index (χ0n) is 14.2. The summed E-state index contributed by atoms with van der Waals surface area (Å²) >= 11 is 0. The first kappa shape index (κ1) is 15.7. The van der Waals surface area contributed by atoms with Crippen molar-refractivity contribution in [1.82, 2.24) is 15.3 Å². The van der Waals surface area contributed by atoms with Gasteiger partial charge >= 0.3 is 0 Å². The van der Waals surface area contributed by atoms with Crippen molar-refractivity contribution in [2.45, 2.75) is 32.9 Å². The van der Waals surface area contributed by atoms with Crippen LogP contribution >= 0.6 is 0 Å². The van der Waals surface area contributed by atoms with Crippen LogP contribution < -0.4 is 10.1 Å². The van der Waals surface area contributed by atoms with E-state index in [2.05, 4.69) is 21.4 Å². The Morgan fingerprint density at radius 1 is 1.24 bits per heavy atom. The number of aromatic amines is 1. The molecule has 1 fully saturated rings. The van der Waals surface area contributed by atoms with Gasteiger partial charge in [-0.3, -0.25) is 9.78 Å². The first-order valence-corrected chi connectivity index (χ1v) is 8.54. The maximum atomic E-state index is 12.0. The summed E-state index contributed by atoms with van der Waals surface area (Å²) in [4.78, 5) is 19.4. The molecule has 5 nitrogen and oxygen atoms in total. The Kier molecular flexibility index (Phi) is 3.92. The molecule has 0 atom stereocenters. The fourth-order valence-corrected chi connectivity index (χ4v) is 2.80. The van der Waals surface area contributed by atoms with Gasteiger partial charge in [-0.05, 0) is 54.1 Å². The molecule has 2 heterocycles. The molecule has 1 amide bonds. The molecule has 0 radical (unpaired) electrons. The Bertz CT molecular complexity index is 898. The van der Waals surface area contributed by atoms with Crippen LogP contribution in [0.15, 0.2) is 48.8 Å². The average molecular weight is 335 g/mol. The number of rotatable bonds is 6. The van der Waals surface area contributed by atoms with Gasteiger partial charge in [0.25, 0.3) is 0 Å². The zero-order valence-corrected chi connectivity index (χ0v) is 14.2. The minimum Gasteiger partial charge on any atom is -0.489 e. The van der Waals surface area contributed by atoms with E-state index < -0.39 is 0 Å². The lowest BCUT2D eigenvalue weighted by Crippen LogP contribution is -2.29. The molecular weight excluding hydrogens is 314 g/mol. The third kappa shape index (κ3) is 3.50. The Balaban J connectivity index is 1.41. The predicted octanol–water partition coefficient (Wildman–Crippen LogP) is 3.56. The van der Waals surface area contributed by atoms with Crippen LogP contribution in [-0.2, 0) is 17.9 Å². The van der Waals surface area contributed by atoms with Gasteiger partial charge in [0.1, 0.15) is 12.4 Å². The first-order chi connectivity index (χ1) is 12.1. The smallest absolute Gasteiger partial charge is 0.226 e. The van der Waals surface area contributed by atoms with Crippen molar-refractivity contribution in [2.75, 3.05) is 0 Å². The van der Waals surface area contributed by atoms with E-state index >= 15 is 0 Å². The van der Waals surface area contributed by atoms with Gasteiger partial charge in [0.05, 0.1) is 6.54 Å². The number of pyridine rings is 1. The molecule has 5 heteroatoms. The van der Waals surface area contributed by atoms with E-state index in [-0.39, 0.29) is 11.3 Å². The van der Waals surface area contributed by atoms with E-state index in [0.29, 0.717) is 13.2 Å². The summed E-state index contributed by atoms with van der Waals surface area (Å²) in [6, 6.07) is 11.9. The van der Waals surface area contributed by atoms with Crippen LogP contribution in [0.3, 0.4) is 0 Å². The molecule has 0 unspecified atom stereocenters. The van der Waals surface area contributed by atoms with Crippen LogP contribution in [0.4, 0.5) is 0 Å². The lowest BCUT2D eigenvalue weighted by Gasteiger charge is -2.08. The molecule has 0 saturated heterocycles. The third-order valence-electron chi connectivity index (χ3n) is 4.79. The number of nitrogens with one attached hydrogen (secondary N) is 2. The summed E-state index contributed by atoms with van der Waals surface area (Å²) in [6.45, 7) is 3.05. The molecule has 128 valence electrons. The number of ether oxygens (including phenoxy) is 1. The van der Waals surface area contributed by atoms with Gasteiger partial charge in [-0.1, -0.05) is 6.92 Å². The highest BCUT2D eigenvalue weighted by Crippen LogP contribution is 2.45. The SMILES string of the molecule is CC1(C(=O)NCc2cc3ccc(OCc4ccncc4)cc3[nH]2)CC1. The van der Waals surface area contributed by atoms with E-state index in [9.17, 15) is 4.79 Å². The minimum absolute atomic E-state index is 0.139. The molecule has 1 aliphatic carbocycles. The first-order valence-electron chi connectivity index (χ1n) is 8.54. The number of benzene rings is 1. The number of aromatic nitrogens is 2. The molecule has 25 heavy (non-hydrogen) atoms. The topological polar surface area (TPSA) is 67.0 Å². The van der Waals surface area contributed by atoms with Gasteiger partial charge in [0.15, 0.2) is 0 Å². The third-order valence-corrected chi connectivity index (χ3v) is 4.79. The summed E-state index contributed by atoms with van der Waals surface area (Å²) in [6.07, 6.45) is 5.50. The standard InChI is InChI=1S/C20H21N3O2/c1-20(6-7-20)19(24)22-12-16-10-15-2-3-17(11-18(15)23-16)25-13-14-4-8-21-9-5-14/h2-5,8-11,23H,6-7,12-13H2,1H3,(H,22,24). The number of hydrogen-bond donors (Lipinski definition) is 2. The number of carbonyl (C=O) groups is 1. The van der Waals surface area contributed by atoms with Crippen LogP contribution in [0.2, 0.25) is 0 Å². The second-order valence-corrected chi connectivity index (χ2v) is 6.93. The van der Waals surface area contributed by atoms with Crippen LogP contribution in [0, 0.1) is 5.41 Å². The lowest BCUT2D eigenvalue weighted by atomic mass is 10.1. The highest BCUT2D eigenvalue weighted by molar-refractivity contribution is 5.85. The number of fused-ring (bicyclic) bond motifs is 1. The van der Waals surface area contributed by atoms with Crippen LogP contribution in [0.25, 0.3) is 10.9 Å². The molecule has 4 rings (SSSR count). The Hall–Kier alpha value is -2.82. The number of nitrogens with zero attached hydrogens (tertiary/aromatic N) is 1. The summed E-state index contributed by atoms with van der Waals surface area (Å²) < 4.78 is 5.84. The van der Waals surface area contributed by atoms with Crippen molar-refractivity contribution in [2.24, 2.45) is 5.41 Å². The van der Waals surface area contributed by atoms with E-state index in [1.165, 1.54) is 0 Å². The van der Waals surface area contributed by atoms with Gasteiger partial charge in [-0.2, -0.15) is 0 Å². The monoisotopic (exact) mass is 335 g/mol.